The molecule has 0 bridgehead atoms. The predicted molar refractivity (Wildman–Crippen MR) is 135 cm³/mol. The molecule has 0 aromatic heterocycles. The van der Waals surface area contributed by atoms with E-state index in [0.29, 0.717) is 37.7 Å². The van der Waals surface area contributed by atoms with Crippen LogP contribution < -0.4 is 4.74 Å². The molecule has 0 atom stereocenters. The molecule has 0 aliphatic carbocycles. The summed E-state index contributed by atoms with van der Waals surface area (Å²) in [7, 11) is 1.45. The summed E-state index contributed by atoms with van der Waals surface area (Å²) >= 11 is 11.9. The molecule has 34 heavy (non-hydrogen) atoms. The third-order valence-electron chi connectivity index (χ3n) is 5.01. The molecule has 0 aliphatic heterocycles. The zero-order valence-electron chi connectivity index (χ0n) is 18.5. The number of aliphatic hydroxyl groups is 1. The third-order valence-corrected chi connectivity index (χ3v) is 5.52. The second-order valence-electron chi connectivity index (χ2n) is 7.19. The number of carbonyl (C=O) groups excluding carboxylic acids is 2. The van der Waals surface area contributed by atoms with Crippen LogP contribution in [0.4, 0.5) is 0 Å². The fraction of sp³-hybridized carbons (Fsp3) is 0.111. The summed E-state index contributed by atoms with van der Waals surface area (Å²) < 4.78 is 5.46. The SMILES string of the molecule is CCO.COc1ccc2ccc(O)c(C(=O)c3ccc(Cl)cc3)c2c1C(=O)c1ccc(Cl)cc1. The highest BCUT2D eigenvalue weighted by Crippen LogP contribution is 2.37. The predicted octanol–water partition coefficient (Wildman–Crippen LogP) is 6.32. The first-order valence-corrected chi connectivity index (χ1v) is 11.1. The van der Waals surface area contributed by atoms with Crippen LogP contribution in [0, 0.1) is 0 Å². The van der Waals surface area contributed by atoms with Crippen LogP contribution in [0.2, 0.25) is 10.0 Å². The van der Waals surface area contributed by atoms with E-state index in [1.54, 1.807) is 73.7 Å². The highest BCUT2D eigenvalue weighted by molar-refractivity contribution is 6.31. The van der Waals surface area contributed by atoms with E-state index in [9.17, 15) is 14.7 Å². The zero-order valence-corrected chi connectivity index (χ0v) is 20.0. The second-order valence-corrected chi connectivity index (χ2v) is 8.06. The third kappa shape index (κ3) is 5.23. The molecule has 0 unspecified atom stereocenters. The van der Waals surface area contributed by atoms with Crippen LogP contribution in [-0.2, 0) is 0 Å². The van der Waals surface area contributed by atoms with Gasteiger partial charge < -0.3 is 14.9 Å². The zero-order chi connectivity index (χ0) is 24.8. The Bertz CT molecular complexity index is 1330. The maximum Gasteiger partial charge on any atom is 0.197 e. The van der Waals surface area contributed by atoms with Crippen LogP contribution in [0.5, 0.6) is 11.5 Å². The molecule has 0 spiro atoms. The van der Waals surface area contributed by atoms with Gasteiger partial charge in [0.2, 0.25) is 0 Å². The first kappa shape index (κ1) is 25.2. The van der Waals surface area contributed by atoms with E-state index >= 15 is 0 Å². The van der Waals surface area contributed by atoms with E-state index in [2.05, 4.69) is 0 Å². The van der Waals surface area contributed by atoms with Crippen LogP contribution in [0.15, 0.2) is 72.8 Å². The summed E-state index contributed by atoms with van der Waals surface area (Å²) in [5.74, 6) is -0.720. The van der Waals surface area contributed by atoms with Gasteiger partial charge in [-0.05, 0) is 73.0 Å². The molecular weight excluding hydrogens is 475 g/mol. The number of fused-ring (bicyclic) bond motifs is 1. The Morgan fingerprint density at radius 1 is 0.765 bits per heavy atom. The van der Waals surface area contributed by atoms with Crippen molar-refractivity contribution in [2.75, 3.05) is 13.7 Å². The minimum atomic E-state index is -0.432. The molecule has 4 aromatic carbocycles. The van der Waals surface area contributed by atoms with Crippen molar-refractivity contribution in [3.05, 3.63) is 105 Å². The number of rotatable bonds is 5. The van der Waals surface area contributed by atoms with Crippen molar-refractivity contribution >= 4 is 45.5 Å². The lowest BCUT2D eigenvalue weighted by atomic mass is 9.89. The van der Waals surface area contributed by atoms with Crippen LogP contribution in [-0.4, -0.2) is 35.5 Å². The van der Waals surface area contributed by atoms with Crippen LogP contribution in [0.25, 0.3) is 10.8 Å². The first-order chi connectivity index (χ1) is 16.3. The smallest absolute Gasteiger partial charge is 0.197 e. The number of ether oxygens (including phenoxy) is 1. The van der Waals surface area contributed by atoms with E-state index in [0.717, 1.165) is 0 Å². The number of phenolic OH excluding ortho intramolecular Hbond substituents is 1. The maximum absolute atomic E-state index is 13.5. The summed E-state index contributed by atoms with van der Waals surface area (Å²) in [5.41, 5.74) is 0.926. The molecule has 2 N–H and O–H groups in total. The molecule has 4 rings (SSSR count). The Labute approximate surface area is 207 Å². The van der Waals surface area contributed by atoms with E-state index in [-0.39, 0.29) is 29.3 Å². The fourth-order valence-corrected chi connectivity index (χ4v) is 3.76. The lowest BCUT2D eigenvalue weighted by Crippen LogP contribution is -2.09. The number of benzene rings is 4. The minimum absolute atomic E-state index is 0.0241. The van der Waals surface area contributed by atoms with Gasteiger partial charge in [-0.15, -0.1) is 0 Å². The van der Waals surface area contributed by atoms with Crippen molar-refractivity contribution < 1.29 is 24.5 Å². The van der Waals surface area contributed by atoms with E-state index in [1.807, 2.05) is 0 Å². The van der Waals surface area contributed by atoms with Gasteiger partial charge in [-0.25, -0.2) is 0 Å². The molecule has 0 amide bonds. The van der Waals surface area contributed by atoms with Crippen LogP contribution in [0.3, 0.4) is 0 Å². The number of hydrogen-bond acceptors (Lipinski definition) is 5. The van der Waals surface area contributed by atoms with Crippen molar-refractivity contribution in [3.63, 3.8) is 0 Å². The van der Waals surface area contributed by atoms with Gasteiger partial charge in [-0.1, -0.05) is 35.3 Å². The van der Waals surface area contributed by atoms with Gasteiger partial charge in [0.1, 0.15) is 11.5 Å². The number of phenols is 1. The Balaban J connectivity index is 0.00000103. The average Bonchev–Trinajstić information content (AvgIpc) is 2.84. The number of halogens is 2. The number of carbonyl (C=O) groups is 2. The normalized spacial score (nSPS) is 10.4. The van der Waals surface area contributed by atoms with Crippen molar-refractivity contribution in [3.8, 4) is 11.5 Å². The van der Waals surface area contributed by atoms with Gasteiger partial charge in [-0.3, -0.25) is 9.59 Å². The Morgan fingerprint density at radius 3 is 1.68 bits per heavy atom. The van der Waals surface area contributed by atoms with E-state index < -0.39 is 5.78 Å². The summed E-state index contributed by atoms with van der Waals surface area (Å²) in [6.07, 6.45) is 0. The maximum atomic E-state index is 13.5. The number of ketones is 2. The fourth-order valence-electron chi connectivity index (χ4n) is 3.50. The molecule has 7 heteroatoms. The van der Waals surface area contributed by atoms with E-state index in [4.69, 9.17) is 33.0 Å². The van der Waals surface area contributed by atoms with Crippen LogP contribution >= 0.6 is 23.2 Å². The molecule has 5 nitrogen and oxygen atoms in total. The van der Waals surface area contributed by atoms with Crippen molar-refractivity contribution in [2.45, 2.75) is 6.92 Å². The van der Waals surface area contributed by atoms with E-state index in [1.165, 1.54) is 13.2 Å². The van der Waals surface area contributed by atoms with Crippen molar-refractivity contribution in [1.82, 2.24) is 0 Å². The largest absolute Gasteiger partial charge is 0.507 e. The quantitative estimate of drug-likeness (QED) is 0.315. The highest BCUT2D eigenvalue weighted by Gasteiger charge is 2.25. The summed E-state index contributed by atoms with van der Waals surface area (Å²) in [6, 6.07) is 19.3. The molecule has 0 saturated carbocycles. The summed E-state index contributed by atoms with van der Waals surface area (Å²) in [5, 5.41) is 20.1. The Kier molecular flexibility index (Phi) is 8.29. The van der Waals surface area contributed by atoms with Crippen LogP contribution in [0.1, 0.15) is 38.8 Å². The van der Waals surface area contributed by atoms with Gasteiger partial charge >= 0.3 is 0 Å². The molecule has 0 fully saturated rings. The lowest BCUT2D eigenvalue weighted by Gasteiger charge is -2.16. The first-order valence-electron chi connectivity index (χ1n) is 10.4. The number of hydrogen-bond donors (Lipinski definition) is 2. The molecule has 0 aliphatic rings. The number of methoxy groups -OCH3 is 1. The molecule has 0 radical (unpaired) electrons. The number of aromatic hydroxyl groups is 1. The summed E-state index contributed by atoms with van der Waals surface area (Å²) in [4.78, 5) is 26.9. The average molecular weight is 497 g/mol. The minimum Gasteiger partial charge on any atom is -0.507 e. The Hall–Kier alpha value is -3.38. The van der Waals surface area contributed by atoms with Gasteiger partial charge in [-0.2, -0.15) is 0 Å². The highest BCUT2D eigenvalue weighted by atomic mass is 35.5. The summed E-state index contributed by atoms with van der Waals surface area (Å²) in [6.45, 7) is 1.93. The molecule has 4 aromatic rings. The molecular formula is C27H22Cl2O5. The van der Waals surface area contributed by atoms with Gasteiger partial charge in [0.25, 0.3) is 0 Å². The lowest BCUT2D eigenvalue weighted by molar-refractivity contribution is 0.103. The van der Waals surface area contributed by atoms with Gasteiger partial charge in [0.05, 0.1) is 18.2 Å². The standard InChI is InChI=1S/C25H16Cl2O4.C2H6O/c1-31-20-13-7-14-6-12-19(28)22(24(29)15-2-8-17(26)9-3-15)21(14)23(20)25(30)16-4-10-18(27)11-5-16;1-2-3/h2-13,28H,1H3;3H,2H2,1H3. The topological polar surface area (TPSA) is 83.8 Å². The molecule has 174 valence electrons. The van der Waals surface area contributed by atoms with Gasteiger partial charge in [0.15, 0.2) is 11.6 Å². The monoisotopic (exact) mass is 496 g/mol. The Morgan fingerprint density at radius 2 is 1.21 bits per heavy atom. The number of aliphatic hydroxyl groups excluding tert-OH is 1. The van der Waals surface area contributed by atoms with Crippen molar-refractivity contribution in [2.24, 2.45) is 0 Å². The molecule has 0 heterocycles. The molecule has 0 saturated heterocycles. The van der Waals surface area contributed by atoms with Gasteiger partial charge in [0, 0.05) is 33.2 Å². The second kappa shape index (κ2) is 11.2. The van der Waals surface area contributed by atoms with Crippen molar-refractivity contribution in [1.29, 1.82) is 0 Å².